The Kier molecular flexibility index (Phi) is 8.49. The van der Waals surface area contributed by atoms with E-state index in [4.69, 9.17) is 4.74 Å². The van der Waals surface area contributed by atoms with Crippen LogP contribution in [0.25, 0.3) is 0 Å². The zero-order valence-corrected chi connectivity index (χ0v) is 20.3. The maximum atomic E-state index is 14.9. The molecule has 1 saturated heterocycles. The minimum atomic E-state index is -3.19. The van der Waals surface area contributed by atoms with Crippen molar-refractivity contribution in [1.82, 2.24) is 10.6 Å². The van der Waals surface area contributed by atoms with E-state index in [2.05, 4.69) is 10.6 Å². The van der Waals surface area contributed by atoms with Crippen LogP contribution in [0.5, 0.6) is 0 Å². The summed E-state index contributed by atoms with van der Waals surface area (Å²) in [6, 6.07) is 9.46. The van der Waals surface area contributed by atoms with Crippen LogP contribution < -0.4 is 26.3 Å². The number of benzene rings is 1. The number of carbonyl (C=O) groups excluding carboxylic acids is 3. The van der Waals surface area contributed by atoms with Gasteiger partial charge in [-0.15, -0.1) is 0 Å². The molecule has 1 heterocycles. The van der Waals surface area contributed by atoms with Gasteiger partial charge in [0.05, 0.1) is 30.2 Å². The van der Waals surface area contributed by atoms with Crippen LogP contribution in [-0.4, -0.2) is 49.6 Å². The summed E-state index contributed by atoms with van der Waals surface area (Å²) in [7, 11) is 0. The summed E-state index contributed by atoms with van der Waals surface area (Å²) < 4.78 is 44.6. The van der Waals surface area contributed by atoms with E-state index >= 15 is 0 Å². The van der Waals surface area contributed by atoms with E-state index in [-0.39, 0.29) is 42.1 Å². The number of rotatable bonds is 8. The van der Waals surface area contributed by atoms with Gasteiger partial charge in [-0.25, -0.2) is 9.18 Å². The van der Waals surface area contributed by atoms with Crippen molar-refractivity contribution in [3.05, 3.63) is 64.1 Å². The second kappa shape index (κ2) is 12.0. The zero-order valence-electron chi connectivity index (χ0n) is 20.3. The smallest absolute Gasteiger partial charge is 0.414 e. The van der Waals surface area contributed by atoms with Crippen LogP contribution in [0.2, 0.25) is 0 Å². The molecule has 2 fully saturated rings. The number of carbonyl (C=O) groups is 3. The van der Waals surface area contributed by atoms with Gasteiger partial charge in [0.15, 0.2) is 0 Å². The van der Waals surface area contributed by atoms with Crippen molar-refractivity contribution in [2.75, 3.05) is 23.3 Å². The van der Waals surface area contributed by atoms with Crippen molar-refractivity contribution in [2.45, 2.75) is 50.7 Å². The van der Waals surface area contributed by atoms with Crippen molar-refractivity contribution >= 4 is 35.0 Å². The van der Waals surface area contributed by atoms with Gasteiger partial charge in [-0.1, -0.05) is 19.3 Å². The molecule has 0 spiro atoms. The first-order valence-electron chi connectivity index (χ1n) is 12.3. The number of amides is 3. The highest BCUT2D eigenvalue weighted by atomic mass is 19.3. The Morgan fingerprint density at radius 3 is 2.42 bits per heavy atom. The average molecular weight is 533 g/mol. The van der Waals surface area contributed by atoms with Crippen LogP contribution in [0.4, 0.5) is 35.0 Å². The molecule has 9 nitrogen and oxygen atoms in total. The summed E-state index contributed by atoms with van der Waals surface area (Å²) >= 11 is 0. The molecule has 1 aliphatic carbocycles. The summed E-state index contributed by atoms with van der Waals surface area (Å²) in [4.78, 5) is 49.5. The molecule has 4 rings (SSSR count). The molecule has 2 aliphatic rings. The Hall–Kier alpha value is -4.09. The van der Waals surface area contributed by atoms with E-state index in [0.29, 0.717) is 5.56 Å². The number of hydrogen-bond acceptors (Lipinski definition) is 6. The molecular weight excluding hydrogens is 505 g/mol. The molecule has 1 aliphatic heterocycles. The Bertz CT molecular complexity index is 1270. The van der Waals surface area contributed by atoms with Gasteiger partial charge in [-0.2, -0.15) is 8.78 Å². The summed E-state index contributed by atoms with van der Waals surface area (Å²) in [5, 5.41) is 7.68. The summed E-state index contributed by atoms with van der Waals surface area (Å²) in [5.41, 5.74) is -0.00361. The second-order valence-electron chi connectivity index (χ2n) is 9.16. The van der Waals surface area contributed by atoms with Crippen LogP contribution in [-0.2, 0) is 9.53 Å². The topological polar surface area (TPSA) is 117 Å². The van der Waals surface area contributed by atoms with Gasteiger partial charge < -0.3 is 20.7 Å². The lowest BCUT2D eigenvalue weighted by Crippen LogP contribution is -2.37. The minimum absolute atomic E-state index is 0.0430. The fourth-order valence-electron chi connectivity index (χ4n) is 4.38. The number of halogens is 3. The maximum absolute atomic E-state index is 14.9. The lowest BCUT2D eigenvalue weighted by Gasteiger charge is -2.22. The molecule has 2 aromatic carbocycles. The van der Waals surface area contributed by atoms with E-state index in [1.165, 1.54) is 36.4 Å². The van der Waals surface area contributed by atoms with E-state index < -0.39 is 35.8 Å². The number of cyclic esters (lactones) is 1. The molecule has 0 unspecified atom stereocenters. The normalized spacial score (nSPS) is 17.7. The van der Waals surface area contributed by atoms with Crippen LogP contribution in [0.3, 0.4) is 0 Å². The first-order chi connectivity index (χ1) is 18.2. The molecule has 1 atom stereocenters. The Balaban J connectivity index is 1.41. The number of anilines is 3. The first kappa shape index (κ1) is 27.0. The van der Waals surface area contributed by atoms with E-state index in [1.807, 2.05) is 5.32 Å². The highest BCUT2D eigenvalue weighted by Crippen LogP contribution is 2.27. The molecule has 2 aromatic rings. The minimum Gasteiger partial charge on any atom is -0.442 e. The standard InChI is InChI=1S/C26H27F3N4O5/c27-19-12-17(33-14-18(38-26(33)37)13-30-25(36)23(28)29)8-10-20(19)32-21-9-6-15(7-11-22(21)34)24(35)31-16-4-2-1-3-5-16/h6-12,16,18,23H,1-5,13-14H2,(H,30,36)(H,31,35)(H,32,34)/t18-/m0/s1. The number of nitrogens with zero attached hydrogens (tertiary/aromatic N) is 1. The SMILES string of the molecule is O=C(NC1CCCCC1)c1ccc(Nc2ccc(N3C[C@H](CNC(=O)C(F)F)OC3=O)cc2F)c(=O)cc1. The van der Waals surface area contributed by atoms with Crippen molar-refractivity contribution in [3.8, 4) is 0 Å². The predicted octanol–water partition coefficient (Wildman–Crippen LogP) is 3.70. The number of ether oxygens (including phenoxy) is 1. The third-order valence-corrected chi connectivity index (χ3v) is 6.42. The Labute approximate surface area is 216 Å². The molecule has 0 bridgehead atoms. The molecule has 3 amide bonds. The zero-order chi connectivity index (χ0) is 27.2. The van der Waals surface area contributed by atoms with Gasteiger partial charge in [0, 0.05) is 11.6 Å². The van der Waals surface area contributed by atoms with Crippen LogP contribution in [0, 0.1) is 5.82 Å². The van der Waals surface area contributed by atoms with Crippen LogP contribution >= 0.6 is 0 Å². The lowest BCUT2D eigenvalue weighted by molar-refractivity contribution is -0.132. The Morgan fingerprint density at radius 2 is 1.71 bits per heavy atom. The fraction of sp³-hybridized carbons (Fsp3) is 0.385. The summed E-state index contributed by atoms with van der Waals surface area (Å²) in [5.74, 6) is -2.53. The summed E-state index contributed by atoms with van der Waals surface area (Å²) in [6.45, 7) is -0.398. The van der Waals surface area contributed by atoms with E-state index in [0.717, 1.165) is 43.1 Å². The molecule has 12 heteroatoms. The van der Waals surface area contributed by atoms with Gasteiger partial charge in [0.2, 0.25) is 5.43 Å². The van der Waals surface area contributed by atoms with Gasteiger partial charge in [0.1, 0.15) is 11.9 Å². The van der Waals surface area contributed by atoms with E-state index in [1.54, 1.807) is 0 Å². The van der Waals surface area contributed by atoms with Crippen molar-refractivity contribution < 1.29 is 32.3 Å². The molecule has 0 aromatic heterocycles. The molecular formula is C26H27F3N4O5. The van der Waals surface area contributed by atoms with Gasteiger partial charge in [-0.05, 0) is 55.3 Å². The van der Waals surface area contributed by atoms with Gasteiger partial charge >= 0.3 is 12.5 Å². The van der Waals surface area contributed by atoms with Gasteiger partial charge in [0.25, 0.3) is 11.8 Å². The van der Waals surface area contributed by atoms with Crippen LogP contribution in [0.1, 0.15) is 42.5 Å². The highest BCUT2D eigenvalue weighted by Gasteiger charge is 2.33. The van der Waals surface area contributed by atoms with Crippen molar-refractivity contribution in [3.63, 3.8) is 0 Å². The third-order valence-electron chi connectivity index (χ3n) is 6.42. The van der Waals surface area contributed by atoms with Gasteiger partial charge in [-0.3, -0.25) is 19.3 Å². The number of nitrogens with one attached hydrogen (secondary N) is 3. The third kappa shape index (κ3) is 6.61. The molecule has 1 saturated carbocycles. The summed E-state index contributed by atoms with van der Waals surface area (Å²) in [6.07, 6.45) is 0.232. The Morgan fingerprint density at radius 1 is 1.00 bits per heavy atom. The first-order valence-corrected chi connectivity index (χ1v) is 12.3. The molecule has 0 radical (unpaired) electrons. The molecule has 3 N–H and O–H groups in total. The highest BCUT2D eigenvalue weighted by molar-refractivity contribution is 5.94. The quantitative estimate of drug-likeness (QED) is 0.478. The number of alkyl halides is 2. The maximum Gasteiger partial charge on any atom is 0.414 e. The average Bonchev–Trinajstić information content (AvgIpc) is 3.17. The van der Waals surface area contributed by atoms with Crippen molar-refractivity contribution in [1.29, 1.82) is 0 Å². The van der Waals surface area contributed by atoms with E-state index in [9.17, 15) is 32.3 Å². The fourth-order valence-corrected chi connectivity index (χ4v) is 4.38. The van der Waals surface area contributed by atoms with Crippen LogP contribution in [0.15, 0.2) is 47.3 Å². The largest absolute Gasteiger partial charge is 0.442 e. The predicted molar refractivity (Wildman–Crippen MR) is 133 cm³/mol. The monoisotopic (exact) mass is 532 g/mol. The molecule has 38 heavy (non-hydrogen) atoms. The molecule has 202 valence electrons. The van der Waals surface area contributed by atoms with Crippen molar-refractivity contribution in [2.24, 2.45) is 0 Å². The second-order valence-corrected chi connectivity index (χ2v) is 9.16. The lowest BCUT2D eigenvalue weighted by atomic mass is 9.95. The number of hydrogen-bond donors (Lipinski definition) is 3.